The normalized spacial score (nSPS) is 25.7. The molecule has 1 aliphatic carbocycles. The van der Waals surface area contributed by atoms with Crippen LogP contribution in [0.1, 0.15) is 77.7 Å². The lowest BCUT2D eigenvalue weighted by molar-refractivity contribution is 0.285. The van der Waals surface area contributed by atoms with Crippen molar-refractivity contribution in [1.82, 2.24) is 9.55 Å². The topological polar surface area (TPSA) is 17.8 Å². The van der Waals surface area contributed by atoms with Gasteiger partial charge in [0.15, 0.2) is 0 Å². The zero-order valence-corrected chi connectivity index (χ0v) is 14.0. The molecule has 1 saturated carbocycles. The van der Waals surface area contributed by atoms with Gasteiger partial charge in [-0.2, -0.15) is 0 Å². The molecular weight excluding hydrogens is 300 g/mol. The average molecular weight is 327 g/mol. The van der Waals surface area contributed by atoms with Gasteiger partial charge in [-0.1, -0.05) is 46.0 Å². The van der Waals surface area contributed by atoms with Gasteiger partial charge >= 0.3 is 0 Å². The van der Waals surface area contributed by atoms with Gasteiger partial charge in [-0.25, -0.2) is 4.98 Å². The molecule has 1 atom stereocenters. The third-order valence-electron chi connectivity index (χ3n) is 4.52. The van der Waals surface area contributed by atoms with Crippen molar-refractivity contribution in [3.05, 3.63) is 17.1 Å². The molecular formula is C16H27BrN2. The van der Waals surface area contributed by atoms with Crippen LogP contribution in [0.4, 0.5) is 0 Å². The fourth-order valence-corrected chi connectivity index (χ4v) is 3.55. The Kier molecular flexibility index (Phi) is 5.49. The average Bonchev–Trinajstić information content (AvgIpc) is 2.75. The minimum absolute atomic E-state index is 0.553. The number of halogens is 1. The molecule has 0 saturated heterocycles. The Hall–Kier alpha value is -0.310. The maximum Gasteiger partial charge on any atom is 0.124 e. The number of hydrogen-bond donors (Lipinski definition) is 0. The number of nitrogens with zero attached hydrogens (tertiary/aromatic N) is 2. The van der Waals surface area contributed by atoms with Gasteiger partial charge in [0.2, 0.25) is 0 Å². The Bertz CT molecular complexity index is 384. The van der Waals surface area contributed by atoms with E-state index in [1.165, 1.54) is 57.8 Å². The highest BCUT2D eigenvalue weighted by Crippen LogP contribution is 2.33. The van der Waals surface area contributed by atoms with Crippen LogP contribution in [0.5, 0.6) is 0 Å². The molecule has 1 fully saturated rings. The summed E-state index contributed by atoms with van der Waals surface area (Å²) in [7, 11) is 0. The molecule has 0 N–H and O–H groups in total. The molecule has 19 heavy (non-hydrogen) atoms. The van der Waals surface area contributed by atoms with Crippen LogP contribution >= 0.6 is 15.9 Å². The second-order valence-electron chi connectivity index (χ2n) is 6.81. The summed E-state index contributed by atoms with van der Waals surface area (Å²) in [5, 5.41) is 0. The summed E-state index contributed by atoms with van der Waals surface area (Å²) in [5.74, 6) is 0. The van der Waals surface area contributed by atoms with Crippen molar-refractivity contribution in [3.8, 4) is 0 Å². The first-order valence-corrected chi connectivity index (χ1v) is 8.55. The predicted octanol–water partition coefficient (Wildman–Crippen LogP) is 5.74. The van der Waals surface area contributed by atoms with Crippen LogP contribution in [0.3, 0.4) is 0 Å². The van der Waals surface area contributed by atoms with Crippen LogP contribution in [-0.2, 0) is 0 Å². The standard InChI is InChI=1S/C16H27BrN2/c1-16(2)10-6-3-4-8-14(9-5-7-11-16)19-12-15(17)18-13-19/h12-14H,3-11H2,1-2H3. The smallest absolute Gasteiger partial charge is 0.124 e. The van der Waals surface area contributed by atoms with Crippen molar-refractivity contribution in [2.45, 2.75) is 77.7 Å². The Labute approximate surface area is 126 Å². The van der Waals surface area contributed by atoms with Crippen molar-refractivity contribution in [2.75, 3.05) is 0 Å². The molecule has 2 rings (SSSR count). The molecule has 2 nitrogen and oxygen atoms in total. The summed E-state index contributed by atoms with van der Waals surface area (Å²) in [4.78, 5) is 4.31. The van der Waals surface area contributed by atoms with E-state index in [1.54, 1.807) is 0 Å². The molecule has 0 spiro atoms. The van der Waals surface area contributed by atoms with Gasteiger partial charge in [0.1, 0.15) is 4.60 Å². The SMILES string of the molecule is CC1(C)CCCCCC(n2cnc(Br)c2)CCCC1. The predicted molar refractivity (Wildman–Crippen MR) is 84.3 cm³/mol. The van der Waals surface area contributed by atoms with Gasteiger partial charge < -0.3 is 4.57 Å². The van der Waals surface area contributed by atoms with E-state index in [4.69, 9.17) is 0 Å². The summed E-state index contributed by atoms with van der Waals surface area (Å²) in [5.41, 5.74) is 0.553. The summed E-state index contributed by atoms with van der Waals surface area (Å²) < 4.78 is 3.27. The molecule has 0 bridgehead atoms. The van der Waals surface area contributed by atoms with Crippen LogP contribution in [0.2, 0.25) is 0 Å². The van der Waals surface area contributed by atoms with Crippen molar-refractivity contribution >= 4 is 15.9 Å². The van der Waals surface area contributed by atoms with E-state index in [9.17, 15) is 0 Å². The highest BCUT2D eigenvalue weighted by atomic mass is 79.9. The lowest BCUT2D eigenvalue weighted by Gasteiger charge is -2.24. The van der Waals surface area contributed by atoms with Crippen LogP contribution in [0.25, 0.3) is 0 Å². The molecule has 3 heteroatoms. The second kappa shape index (κ2) is 6.92. The third-order valence-corrected chi connectivity index (χ3v) is 4.93. The van der Waals surface area contributed by atoms with Gasteiger partial charge in [-0.15, -0.1) is 0 Å². The Morgan fingerprint density at radius 2 is 1.74 bits per heavy atom. The van der Waals surface area contributed by atoms with Gasteiger partial charge in [0.25, 0.3) is 0 Å². The summed E-state index contributed by atoms with van der Waals surface area (Å²) in [6, 6.07) is 0.653. The van der Waals surface area contributed by atoms with E-state index < -0.39 is 0 Å². The Balaban J connectivity index is 1.95. The largest absolute Gasteiger partial charge is 0.333 e. The molecule has 0 amide bonds. The lowest BCUT2D eigenvalue weighted by atomic mass is 9.82. The molecule has 0 aromatic carbocycles. The highest BCUT2D eigenvalue weighted by Gasteiger charge is 2.19. The van der Waals surface area contributed by atoms with Gasteiger partial charge in [-0.3, -0.25) is 0 Å². The quantitative estimate of drug-likeness (QED) is 0.643. The monoisotopic (exact) mass is 326 g/mol. The number of rotatable bonds is 1. The minimum Gasteiger partial charge on any atom is -0.333 e. The van der Waals surface area contributed by atoms with E-state index in [0.717, 1.165) is 4.60 Å². The number of imidazole rings is 1. The molecule has 108 valence electrons. The fourth-order valence-electron chi connectivity index (χ4n) is 3.22. The number of aromatic nitrogens is 2. The second-order valence-corrected chi connectivity index (χ2v) is 7.62. The first kappa shape index (κ1) is 15.1. The first-order valence-electron chi connectivity index (χ1n) is 7.76. The van der Waals surface area contributed by atoms with Crippen molar-refractivity contribution < 1.29 is 0 Å². The molecule has 1 heterocycles. The fraction of sp³-hybridized carbons (Fsp3) is 0.812. The van der Waals surface area contributed by atoms with E-state index in [2.05, 4.69) is 45.5 Å². The third kappa shape index (κ3) is 4.94. The maximum atomic E-state index is 4.31. The Morgan fingerprint density at radius 1 is 1.11 bits per heavy atom. The zero-order valence-electron chi connectivity index (χ0n) is 12.4. The first-order chi connectivity index (χ1) is 9.07. The van der Waals surface area contributed by atoms with E-state index in [-0.39, 0.29) is 0 Å². The van der Waals surface area contributed by atoms with Crippen LogP contribution in [-0.4, -0.2) is 9.55 Å². The van der Waals surface area contributed by atoms with Gasteiger partial charge in [0.05, 0.1) is 6.33 Å². The molecule has 1 aromatic heterocycles. The molecule has 1 aliphatic rings. The highest BCUT2D eigenvalue weighted by molar-refractivity contribution is 9.10. The summed E-state index contributed by atoms with van der Waals surface area (Å²) in [6.45, 7) is 4.88. The maximum absolute atomic E-state index is 4.31. The van der Waals surface area contributed by atoms with Crippen LogP contribution in [0, 0.1) is 5.41 Å². The minimum atomic E-state index is 0.553. The summed E-state index contributed by atoms with van der Waals surface area (Å²) >= 11 is 3.46. The Morgan fingerprint density at radius 3 is 2.37 bits per heavy atom. The van der Waals surface area contributed by atoms with E-state index in [1.807, 2.05) is 6.33 Å². The van der Waals surface area contributed by atoms with Crippen molar-refractivity contribution in [1.29, 1.82) is 0 Å². The zero-order chi connectivity index (χ0) is 13.7. The van der Waals surface area contributed by atoms with Gasteiger partial charge in [-0.05, 0) is 47.0 Å². The summed E-state index contributed by atoms with van der Waals surface area (Å²) in [6.07, 6.45) is 16.4. The van der Waals surface area contributed by atoms with Gasteiger partial charge in [0, 0.05) is 12.2 Å². The lowest BCUT2D eigenvalue weighted by Crippen LogP contribution is -2.11. The molecule has 0 aliphatic heterocycles. The molecule has 0 radical (unpaired) electrons. The van der Waals surface area contributed by atoms with Crippen molar-refractivity contribution in [3.63, 3.8) is 0 Å². The van der Waals surface area contributed by atoms with Crippen LogP contribution in [0.15, 0.2) is 17.1 Å². The van der Waals surface area contributed by atoms with Crippen molar-refractivity contribution in [2.24, 2.45) is 5.41 Å². The van der Waals surface area contributed by atoms with Crippen LogP contribution < -0.4 is 0 Å². The number of hydrogen-bond acceptors (Lipinski definition) is 1. The molecule has 1 unspecified atom stereocenters. The molecule has 1 aromatic rings. The van der Waals surface area contributed by atoms with E-state index in [0.29, 0.717) is 11.5 Å². The van der Waals surface area contributed by atoms with E-state index >= 15 is 0 Å².